The second-order valence-electron chi connectivity index (χ2n) is 4.69. The highest BCUT2D eigenvalue weighted by molar-refractivity contribution is 5.54. The highest BCUT2D eigenvalue weighted by Crippen LogP contribution is 2.21. The van der Waals surface area contributed by atoms with E-state index in [1.807, 2.05) is 30.3 Å². The molecule has 0 saturated carbocycles. The number of aromatic nitrogens is 2. The van der Waals surface area contributed by atoms with E-state index in [1.165, 1.54) is 0 Å². The van der Waals surface area contributed by atoms with Crippen LogP contribution >= 0.6 is 0 Å². The fourth-order valence-electron chi connectivity index (χ4n) is 2.17. The van der Waals surface area contributed by atoms with Crippen LogP contribution in [0.1, 0.15) is 17.4 Å². The van der Waals surface area contributed by atoms with Gasteiger partial charge in [-0.2, -0.15) is 5.26 Å². The van der Waals surface area contributed by atoms with E-state index in [1.54, 1.807) is 12.3 Å². The Balaban J connectivity index is 1.70. The zero-order valence-electron chi connectivity index (χ0n) is 11.4. The molecule has 1 fully saturated rings. The van der Waals surface area contributed by atoms with Gasteiger partial charge in [-0.15, -0.1) is 0 Å². The Morgan fingerprint density at radius 2 is 2.14 bits per heavy atom. The van der Waals surface area contributed by atoms with Gasteiger partial charge < -0.3 is 15.4 Å². The van der Waals surface area contributed by atoms with Gasteiger partial charge in [0.15, 0.2) is 0 Å². The van der Waals surface area contributed by atoms with Crippen LogP contribution in [0.3, 0.4) is 0 Å². The molecule has 6 heteroatoms. The van der Waals surface area contributed by atoms with Crippen LogP contribution in [0, 0.1) is 11.3 Å². The van der Waals surface area contributed by atoms with Gasteiger partial charge in [0, 0.05) is 25.0 Å². The maximum absolute atomic E-state index is 8.82. The number of ether oxygens (including phenoxy) is 1. The molecule has 2 heterocycles. The van der Waals surface area contributed by atoms with E-state index in [4.69, 9.17) is 10.00 Å². The molecule has 106 valence electrons. The summed E-state index contributed by atoms with van der Waals surface area (Å²) in [5, 5.41) is 15.2. The van der Waals surface area contributed by atoms with E-state index >= 15 is 0 Å². The van der Waals surface area contributed by atoms with Gasteiger partial charge in [-0.1, -0.05) is 12.1 Å². The van der Waals surface area contributed by atoms with Crippen molar-refractivity contribution in [2.75, 3.05) is 25.0 Å². The minimum atomic E-state index is 0.103. The van der Waals surface area contributed by atoms with Crippen LogP contribution in [0.2, 0.25) is 0 Å². The molecule has 3 rings (SSSR count). The monoisotopic (exact) mass is 281 g/mol. The lowest BCUT2D eigenvalue weighted by molar-refractivity contribution is 0.0277. The maximum Gasteiger partial charge on any atom is 0.228 e. The first-order valence-corrected chi connectivity index (χ1v) is 6.77. The second kappa shape index (κ2) is 6.31. The SMILES string of the molecule is N#Cc1ccnc(Nc2ccc([C@@H]3CNCCO3)cc2)n1. The molecule has 1 saturated heterocycles. The summed E-state index contributed by atoms with van der Waals surface area (Å²) >= 11 is 0. The van der Waals surface area contributed by atoms with Crippen LogP contribution in [0.4, 0.5) is 11.6 Å². The van der Waals surface area contributed by atoms with E-state index in [0.717, 1.165) is 30.9 Å². The normalized spacial score (nSPS) is 18.0. The minimum absolute atomic E-state index is 0.103. The molecule has 6 nitrogen and oxygen atoms in total. The van der Waals surface area contributed by atoms with E-state index in [2.05, 4.69) is 20.6 Å². The van der Waals surface area contributed by atoms with E-state index in [9.17, 15) is 0 Å². The summed E-state index contributed by atoms with van der Waals surface area (Å²) < 4.78 is 5.71. The molecular weight excluding hydrogens is 266 g/mol. The van der Waals surface area contributed by atoms with Gasteiger partial charge in [-0.05, 0) is 23.8 Å². The first kappa shape index (κ1) is 13.5. The predicted molar refractivity (Wildman–Crippen MR) is 78.0 cm³/mol. The van der Waals surface area contributed by atoms with Crippen molar-refractivity contribution in [3.8, 4) is 6.07 Å². The summed E-state index contributed by atoms with van der Waals surface area (Å²) in [5.41, 5.74) is 2.35. The van der Waals surface area contributed by atoms with Crippen molar-refractivity contribution in [3.05, 3.63) is 47.8 Å². The minimum Gasteiger partial charge on any atom is -0.371 e. The zero-order valence-corrected chi connectivity index (χ0v) is 11.4. The van der Waals surface area contributed by atoms with E-state index < -0.39 is 0 Å². The molecule has 0 amide bonds. The van der Waals surface area contributed by atoms with Gasteiger partial charge in [0.05, 0.1) is 12.7 Å². The number of anilines is 2. The zero-order chi connectivity index (χ0) is 14.5. The Kier molecular flexibility index (Phi) is 4.05. The molecule has 1 atom stereocenters. The van der Waals surface area contributed by atoms with Crippen molar-refractivity contribution < 1.29 is 4.74 Å². The topological polar surface area (TPSA) is 82.9 Å². The largest absolute Gasteiger partial charge is 0.371 e. The molecular formula is C15H15N5O. The van der Waals surface area contributed by atoms with Crippen molar-refractivity contribution in [3.63, 3.8) is 0 Å². The molecule has 0 radical (unpaired) electrons. The molecule has 2 aromatic rings. The number of nitriles is 1. The lowest BCUT2D eigenvalue weighted by Crippen LogP contribution is -2.33. The third-order valence-electron chi connectivity index (χ3n) is 3.24. The van der Waals surface area contributed by atoms with Crippen molar-refractivity contribution in [2.45, 2.75) is 6.10 Å². The molecule has 0 aliphatic carbocycles. The number of benzene rings is 1. The first-order chi connectivity index (χ1) is 10.3. The number of nitrogens with one attached hydrogen (secondary N) is 2. The highest BCUT2D eigenvalue weighted by atomic mass is 16.5. The average Bonchev–Trinajstić information content (AvgIpc) is 2.56. The molecule has 1 aliphatic heterocycles. The Morgan fingerprint density at radius 3 is 2.86 bits per heavy atom. The summed E-state index contributed by atoms with van der Waals surface area (Å²) in [6.45, 7) is 2.47. The molecule has 1 aromatic carbocycles. The lowest BCUT2D eigenvalue weighted by Gasteiger charge is -2.24. The average molecular weight is 281 g/mol. The highest BCUT2D eigenvalue weighted by Gasteiger charge is 2.15. The summed E-state index contributed by atoms with van der Waals surface area (Å²) in [6, 6.07) is 11.5. The number of hydrogen-bond donors (Lipinski definition) is 2. The summed E-state index contributed by atoms with van der Waals surface area (Å²) in [7, 11) is 0. The van der Waals surface area contributed by atoms with Crippen molar-refractivity contribution in [2.24, 2.45) is 0 Å². The van der Waals surface area contributed by atoms with E-state index in [-0.39, 0.29) is 6.10 Å². The Labute approximate surface area is 122 Å². The maximum atomic E-state index is 8.82. The Bertz CT molecular complexity index is 644. The number of hydrogen-bond acceptors (Lipinski definition) is 6. The quantitative estimate of drug-likeness (QED) is 0.892. The fraction of sp³-hybridized carbons (Fsp3) is 0.267. The third-order valence-corrected chi connectivity index (χ3v) is 3.24. The lowest BCUT2D eigenvalue weighted by atomic mass is 10.1. The van der Waals surface area contributed by atoms with Crippen LogP contribution in [0.5, 0.6) is 0 Å². The fourth-order valence-corrected chi connectivity index (χ4v) is 2.17. The number of rotatable bonds is 3. The van der Waals surface area contributed by atoms with Crippen LogP contribution in [0.25, 0.3) is 0 Å². The smallest absolute Gasteiger partial charge is 0.228 e. The first-order valence-electron chi connectivity index (χ1n) is 6.77. The molecule has 0 bridgehead atoms. The molecule has 0 spiro atoms. The predicted octanol–water partition coefficient (Wildman–Crippen LogP) is 1.75. The molecule has 1 aromatic heterocycles. The van der Waals surface area contributed by atoms with Gasteiger partial charge in [0.25, 0.3) is 0 Å². The van der Waals surface area contributed by atoms with Crippen molar-refractivity contribution in [1.82, 2.24) is 15.3 Å². The second-order valence-corrected chi connectivity index (χ2v) is 4.69. The molecule has 1 aliphatic rings. The summed E-state index contributed by atoms with van der Waals surface area (Å²) in [4.78, 5) is 8.17. The number of morpholine rings is 1. The van der Waals surface area contributed by atoms with Gasteiger partial charge in [0.2, 0.25) is 5.95 Å². The van der Waals surface area contributed by atoms with Crippen molar-refractivity contribution >= 4 is 11.6 Å². The molecule has 0 unspecified atom stereocenters. The van der Waals surface area contributed by atoms with Gasteiger partial charge in [-0.3, -0.25) is 0 Å². The summed E-state index contributed by atoms with van der Waals surface area (Å²) in [6.07, 6.45) is 1.66. The van der Waals surface area contributed by atoms with Crippen LogP contribution in [-0.2, 0) is 4.74 Å². The third kappa shape index (κ3) is 3.34. The molecule has 21 heavy (non-hydrogen) atoms. The van der Waals surface area contributed by atoms with Gasteiger partial charge in [-0.25, -0.2) is 9.97 Å². The van der Waals surface area contributed by atoms with Gasteiger partial charge in [0.1, 0.15) is 11.8 Å². The van der Waals surface area contributed by atoms with Crippen molar-refractivity contribution in [1.29, 1.82) is 5.26 Å². The van der Waals surface area contributed by atoms with Crippen LogP contribution in [-0.4, -0.2) is 29.7 Å². The summed E-state index contributed by atoms with van der Waals surface area (Å²) in [5.74, 6) is 0.414. The van der Waals surface area contributed by atoms with E-state index in [0.29, 0.717) is 11.6 Å². The number of nitrogens with zero attached hydrogens (tertiary/aromatic N) is 3. The Hall–Kier alpha value is -2.49. The van der Waals surface area contributed by atoms with Crippen LogP contribution < -0.4 is 10.6 Å². The Morgan fingerprint density at radius 1 is 1.29 bits per heavy atom. The molecule has 2 N–H and O–H groups in total. The van der Waals surface area contributed by atoms with Crippen LogP contribution in [0.15, 0.2) is 36.5 Å². The standard InChI is InChI=1S/C15H15N5O/c16-9-13-5-6-18-15(20-13)19-12-3-1-11(2-4-12)14-10-17-7-8-21-14/h1-6,14,17H,7-8,10H2,(H,18,19,20)/t14-/m0/s1. The van der Waals surface area contributed by atoms with Gasteiger partial charge >= 0.3 is 0 Å².